The molecule has 0 fully saturated rings. The standard InChI is InChI=1S/C26H24O2/c1-19-8-12-21(13-9-19)24-16-17-26(2,3)18-23(24)7-5-4-6-20-10-14-22(15-11-20)25(27)28/h5,7-16,18H,17H2,1-3H3,(H,27,28). The minimum absolute atomic E-state index is 0.119. The lowest BCUT2D eigenvalue weighted by atomic mass is 9.78. The Hall–Kier alpha value is -3.31. The number of carboxylic acids is 1. The minimum atomic E-state index is -0.929. The number of hydrogen-bond donors (Lipinski definition) is 1. The van der Waals surface area contributed by atoms with E-state index in [-0.39, 0.29) is 11.0 Å². The van der Waals surface area contributed by atoms with Crippen molar-refractivity contribution in [2.75, 3.05) is 0 Å². The molecule has 0 aliphatic heterocycles. The van der Waals surface area contributed by atoms with Gasteiger partial charge in [0.25, 0.3) is 0 Å². The second kappa shape index (κ2) is 8.15. The van der Waals surface area contributed by atoms with Crippen LogP contribution < -0.4 is 0 Å². The van der Waals surface area contributed by atoms with E-state index in [9.17, 15) is 4.79 Å². The Balaban J connectivity index is 1.81. The lowest BCUT2D eigenvalue weighted by molar-refractivity contribution is 0.0697. The van der Waals surface area contributed by atoms with E-state index in [0.29, 0.717) is 0 Å². The smallest absolute Gasteiger partial charge is 0.335 e. The van der Waals surface area contributed by atoms with E-state index in [1.165, 1.54) is 22.3 Å². The van der Waals surface area contributed by atoms with Gasteiger partial charge >= 0.3 is 5.97 Å². The number of aromatic carboxylic acids is 1. The van der Waals surface area contributed by atoms with E-state index < -0.39 is 5.97 Å². The molecule has 0 spiro atoms. The third-order valence-electron chi connectivity index (χ3n) is 4.75. The van der Waals surface area contributed by atoms with Crippen LogP contribution in [-0.2, 0) is 0 Å². The summed E-state index contributed by atoms with van der Waals surface area (Å²) in [5.74, 6) is 5.19. The number of rotatable bonds is 3. The zero-order valence-corrected chi connectivity index (χ0v) is 16.5. The third kappa shape index (κ3) is 4.90. The SMILES string of the molecule is Cc1ccc(C2=CCC(C)(C)C=C2C=CC#Cc2ccc(C(=O)O)cc2)cc1. The summed E-state index contributed by atoms with van der Waals surface area (Å²) in [6.45, 7) is 6.56. The molecule has 1 aliphatic carbocycles. The molecule has 0 atom stereocenters. The van der Waals surface area contributed by atoms with Gasteiger partial charge in [0.15, 0.2) is 0 Å². The molecule has 2 aromatic rings. The van der Waals surface area contributed by atoms with E-state index in [4.69, 9.17) is 5.11 Å². The second-order valence-electron chi connectivity index (χ2n) is 7.76. The van der Waals surface area contributed by atoms with Gasteiger partial charge in [-0.15, -0.1) is 0 Å². The molecule has 2 aromatic carbocycles. The van der Waals surface area contributed by atoms with E-state index in [1.54, 1.807) is 24.3 Å². The first-order valence-electron chi connectivity index (χ1n) is 9.36. The monoisotopic (exact) mass is 368 g/mol. The largest absolute Gasteiger partial charge is 0.478 e. The number of hydrogen-bond acceptors (Lipinski definition) is 1. The Morgan fingerprint density at radius 2 is 1.75 bits per heavy atom. The van der Waals surface area contributed by atoms with Crippen molar-refractivity contribution >= 4 is 11.5 Å². The van der Waals surface area contributed by atoms with E-state index >= 15 is 0 Å². The van der Waals surface area contributed by atoms with Crippen molar-refractivity contribution < 1.29 is 9.90 Å². The summed E-state index contributed by atoms with van der Waals surface area (Å²) in [5.41, 5.74) is 6.06. The van der Waals surface area contributed by atoms with Crippen LogP contribution in [0.4, 0.5) is 0 Å². The first-order chi connectivity index (χ1) is 13.3. The van der Waals surface area contributed by atoms with Crippen LogP contribution in [0.3, 0.4) is 0 Å². The Bertz CT molecular complexity index is 1020. The molecule has 0 amide bonds. The van der Waals surface area contributed by atoms with Gasteiger partial charge in [-0.25, -0.2) is 4.79 Å². The van der Waals surface area contributed by atoms with Crippen molar-refractivity contribution in [3.63, 3.8) is 0 Å². The number of carboxylic acid groups (broad SMARTS) is 1. The van der Waals surface area contributed by atoms with Gasteiger partial charge in [0.05, 0.1) is 5.56 Å². The first kappa shape index (κ1) is 19.5. The fourth-order valence-corrected chi connectivity index (χ4v) is 3.15. The van der Waals surface area contributed by atoms with Crippen LogP contribution in [0.15, 0.2) is 78.4 Å². The van der Waals surface area contributed by atoms with Crippen LogP contribution in [0.25, 0.3) is 5.57 Å². The van der Waals surface area contributed by atoms with Crippen molar-refractivity contribution in [3.05, 3.63) is 101 Å². The van der Waals surface area contributed by atoms with Crippen LogP contribution in [0.5, 0.6) is 0 Å². The molecule has 2 heteroatoms. The highest BCUT2D eigenvalue weighted by Crippen LogP contribution is 2.37. The van der Waals surface area contributed by atoms with E-state index in [2.05, 4.69) is 75.1 Å². The van der Waals surface area contributed by atoms with Gasteiger partial charge in [-0.05, 0) is 71.9 Å². The molecule has 3 rings (SSSR count). The van der Waals surface area contributed by atoms with Gasteiger partial charge < -0.3 is 5.11 Å². The Kier molecular flexibility index (Phi) is 5.66. The molecule has 0 aromatic heterocycles. The summed E-state index contributed by atoms with van der Waals surface area (Å²) < 4.78 is 0. The van der Waals surface area contributed by atoms with Crippen molar-refractivity contribution in [2.45, 2.75) is 27.2 Å². The second-order valence-corrected chi connectivity index (χ2v) is 7.76. The lowest BCUT2D eigenvalue weighted by Gasteiger charge is -2.26. The molecule has 2 nitrogen and oxygen atoms in total. The number of benzene rings is 2. The number of aryl methyl sites for hydroxylation is 1. The molecule has 0 unspecified atom stereocenters. The fraction of sp³-hybridized carbons (Fsp3) is 0.192. The molecule has 140 valence electrons. The third-order valence-corrected chi connectivity index (χ3v) is 4.75. The van der Waals surface area contributed by atoms with Crippen LogP contribution in [-0.4, -0.2) is 11.1 Å². The normalized spacial score (nSPS) is 15.4. The molecule has 0 saturated heterocycles. The molecule has 0 radical (unpaired) electrons. The van der Waals surface area contributed by atoms with Gasteiger partial charge in [0.2, 0.25) is 0 Å². The fourth-order valence-electron chi connectivity index (χ4n) is 3.15. The lowest BCUT2D eigenvalue weighted by Crippen LogP contribution is -2.11. The van der Waals surface area contributed by atoms with Crippen LogP contribution >= 0.6 is 0 Å². The summed E-state index contributed by atoms with van der Waals surface area (Å²) in [5, 5.41) is 8.95. The molecule has 0 heterocycles. The first-order valence-corrected chi connectivity index (χ1v) is 9.36. The Morgan fingerprint density at radius 3 is 2.39 bits per heavy atom. The summed E-state index contributed by atoms with van der Waals surface area (Å²) >= 11 is 0. The van der Waals surface area contributed by atoms with Crippen molar-refractivity contribution in [1.29, 1.82) is 0 Å². The van der Waals surface area contributed by atoms with Crippen molar-refractivity contribution in [1.82, 2.24) is 0 Å². The molecular weight excluding hydrogens is 344 g/mol. The number of carbonyl (C=O) groups is 1. The van der Waals surface area contributed by atoms with Crippen LogP contribution in [0.2, 0.25) is 0 Å². The van der Waals surface area contributed by atoms with Gasteiger partial charge in [-0.3, -0.25) is 0 Å². The molecule has 28 heavy (non-hydrogen) atoms. The van der Waals surface area contributed by atoms with Crippen molar-refractivity contribution in [3.8, 4) is 11.8 Å². The average Bonchev–Trinajstić information content (AvgIpc) is 2.66. The maximum Gasteiger partial charge on any atom is 0.335 e. The van der Waals surface area contributed by atoms with E-state index in [0.717, 1.165) is 12.0 Å². The molecule has 1 aliphatic rings. The summed E-state index contributed by atoms with van der Waals surface area (Å²) in [6, 6.07) is 15.2. The van der Waals surface area contributed by atoms with E-state index in [1.807, 2.05) is 6.08 Å². The molecule has 0 bridgehead atoms. The topological polar surface area (TPSA) is 37.3 Å². The summed E-state index contributed by atoms with van der Waals surface area (Å²) in [6.07, 6.45) is 9.55. The number of allylic oxidation sites excluding steroid dienone is 6. The maximum absolute atomic E-state index is 10.9. The predicted octanol–water partition coefficient (Wildman–Crippen LogP) is 6.04. The Labute approximate surface area is 166 Å². The molecule has 1 N–H and O–H groups in total. The van der Waals surface area contributed by atoms with Crippen LogP contribution in [0, 0.1) is 24.2 Å². The highest BCUT2D eigenvalue weighted by Gasteiger charge is 2.21. The van der Waals surface area contributed by atoms with Crippen LogP contribution in [0.1, 0.15) is 47.3 Å². The van der Waals surface area contributed by atoms with Gasteiger partial charge in [0.1, 0.15) is 0 Å². The van der Waals surface area contributed by atoms with Gasteiger partial charge in [-0.2, -0.15) is 0 Å². The zero-order valence-electron chi connectivity index (χ0n) is 16.5. The maximum atomic E-state index is 10.9. The average molecular weight is 368 g/mol. The predicted molar refractivity (Wildman–Crippen MR) is 115 cm³/mol. The summed E-state index contributed by atoms with van der Waals surface area (Å²) in [4.78, 5) is 10.9. The van der Waals surface area contributed by atoms with Gasteiger partial charge in [0, 0.05) is 5.56 Å². The summed E-state index contributed by atoms with van der Waals surface area (Å²) in [7, 11) is 0. The minimum Gasteiger partial charge on any atom is -0.478 e. The highest BCUT2D eigenvalue weighted by molar-refractivity contribution is 5.87. The van der Waals surface area contributed by atoms with Crippen molar-refractivity contribution in [2.24, 2.45) is 5.41 Å². The molecule has 0 saturated carbocycles. The Morgan fingerprint density at radius 1 is 1.07 bits per heavy atom. The zero-order chi connectivity index (χ0) is 20.1. The quantitative estimate of drug-likeness (QED) is 0.671. The molecular formula is C26H24O2. The van der Waals surface area contributed by atoms with Gasteiger partial charge in [-0.1, -0.05) is 67.7 Å². The highest BCUT2D eigenvalue weighted by atomic mass is 16.4.